The summed E-state index contributed by atoms with van der Waals surface area (Å²) in [6.45, 7) is 2.90. The van der Waals surface area contributed by atoms with Crippen LogP contribution < -0.4 is 19.7 Å². The summed E-state index contributed by atoms with van der Waals surface area (Å²) in [6.07, 6.45) is 0. The third-order valence-corrected chi connectivity index (χ3v) is 5.69. The van der Waals surface area contributed by atoms with E-state index >= 15 is 0 Å². The number of urea groups is 1. The van der Waals surface area contributed by atoms with Gasteiger partial charge in [0.1, 0.15) is 0 Å². The molecule has 0 unspecified atom stereocenters. The summed E-state index contributed by atoms with van der Waals surface area (Å²) < 4.78 is 15.1. The quantitative estimate of drug-likeness (QED) is 0.715. The minimum Gasteiger partial charge on any atom is -0.454 e. The van der Waals surface area contributed by atoms with Crippen molar-refractivity contribution in [2.75, 3.05) is 43.2 Å². The second-order valence-electron chi connectivity index (χ2n) is 6.74. The van der Waals surface area contributed by atoms with Gasteiger partial charge in [-0.3, -0.25) is 0 Å². The largest absolute Gasteiger partial charge is 0.454 e. The number of hydrogen-bond donors (Lipinski definition) is 1. The van der Waals surface area contributed by atoms with Crippen molar-refractivity contribution in [3.63, 3.8) is 0 Å². The summed E-state index contributed by atoms with van der Waals surface area (Å²) in [7, 11) is 0. The van der Waals surface area contributed by atoms with Crippen LogP contribution in [0.25, 0.3) is 11.4 Å². The van der Waals surface area contributed by atoms with Crippen LogP contribution in [-0.4, -0.2) is 53.3 Å². The van der Waals surface area contributed by atoms with Crippen molar-refractivity contribution in [2.24, 2.45) is 0 Å². The molecule has 0 aliphatic carbocycles. The van der Waals surface area contributed by atoms with E-state index < -0.39 is 0 Å². The fraction of sp³-hybridized carbons (Fsp3) is 0.250. The zero-order valence-electron chi connectivity index (χ0n) is 15.6. The maximum absolute atomic E-state index is 12.6. The van der Waals surface area contributed by atoms with Crippen LogP contribution in [-0.2, 0) is 0 Å². The molecule has 2 aliphatic heterocycles. The van der Waals surface area contributed by atoms with Crippen LogP contribution in [0.1, 0.15) is 0 Å². The number of rotatable bonds is 3. The second kappa shape index (κ2) is 7.59. The Morgan fingerprint density at radius 1 is 1.00 bits per heavy atom. The third kappa shape index (κ3) is 3.68. The molecule has 1 aromatic heterocycles. The van der Waals surface area contributed by atoms with Gasteiger partial charge in [0.05, 0.1) is 0 Å². The van der Waals surface area contributed by atoms with Crippen molar-refractivity contribution in [1.29, 1.82) is 0 Å². The number of anilines is 2. The maximum atomic E-state index is 12.6. The van der Waals surface area contributed by atoms with E-state index in [1.54, 1.807) is 17.0 Å². The summed E-state index contributed by atoms with van der Waals surface area (Å²) in [6, 6.07) is 15.2. The molecule has 148 valence electrons. The molecular formula is C20H19N5O3S. The third-order valence-electron chi connectivity index (χ3n) is 4.91. The Balaban J connectivity index is 1.18. The van der Waals surface area contributed by atoms with Crippen molar-refractivity contribution in [3.8, 4) is 22.9 Å². The van der Waals surface area contributed by atoms with Gasteiger partial charge in [-0.05, 0) is 12.1 Å². The van der Waals surface area contributed by atoms with Gasteiger partial charge in [-0.15, -0.1) is 0 Å². The molecule has 2 amide bonds. The molecule has 2 aromatic carbocycles. The standard InChI is InChI=1S/C20H19N5O3S/c26-19(21-15-6-7-16-17(12-15)28-13-27-16)24-8-10-25(11-9-24)20-22-18(23-29-20)14-4-2-1-3-5-14/h1-7,12H,8-11,13H2,(H,21,26). The highest BCUT2D eigenvalue weighted by Crippen LogP contribution is 2.34. The number of amides is 2. The number of aromatic nitrogens is 2. The molecular weight excluding hydrogens is 390 g/mol. The smallest absolute Gasteiger partial charge is 0.321 e. The molecule has 0 spiro atoms. The SMILES string of the molecule is O=C(Nc1ccc2c(c1)OCO2)N1CCN(c2nc(-c3ccccc3)ns2)CC1. The average Bonchev–Trinajstić information content (AvgIpc) is 3.44. The highest BCUT2D eigenvalue weighted by molar-refractivity contribution is 7.09. The molecule has 29 heavy (non-hydrogen) atoms. The number of fused-ring (bicyclic) bond motifs is 1. The van der Waals surface area contributed by atoms with Crippen LogP contribution in [0.5, 0.6) is 11.5 Å². The van der Waals surface area contributed by atoms with Crippen LogP contribution in [0.3, 0.4) is 0 Å². The van der Waals surface area contributed by atoms with Crippen molar-refractivity contribution in [2.45, 2.75) is 0 Å². The Morgan fingerprint density at radius 2 is 1.79 bits per heavy atom. The van der Waals surface area contributed by atoms with Gasteiger partial charge >= 0.3 is 6.03 Å². The van der Waals surface area contributed by atoms with E-state index in [-0.39, 0.29) is 12.8 Å². The predicted octanol–water partition coefficient (Wildman–Crippen LogP) is 3.29. The molecule has 0 atom stereocenters. The fourth-order valence-corrected chi connectivity index (χ4v) is 4.07. The fourth-order valence-electron chi connectivity index (χ4n) is 3.33. The topological polar surface area (TPSA) is 79.8 Å². The van der Waals surface area contributed by atoms with E-state index in [2.05, 4.69) is 19.6 Å². The lowest BCUT2D eigenvalue weighted by Crippen LogP contribution is -2.50. The predicted molar refractivity (Wildman–Crippen MR) is 111 cm³/mol. The zero-order chi connectivity index (χ0) is 19.6. The van der Waals surface area contributed by atoms with Gasteiger partial charge in [-0.2, -0.15) is 9.36 Å². The number of carbonyl (C=O) groups excluding carboxylic acids is 1. The van der Waals surface area contributed by atoms with Crippen molar-refractivity contribution >= 4 is 28.4 Å². The molecule has 8 nitrogen and oxygen atoms in total. The summed E-state index contributed by atoms with van der Waals surface area (Å²) in [5.41, 5.74) is 1.70. The van der Waals surface area contributed by atoms with Gasteiger partial charge in [0.2, 0.25) is 11.9 Å². The van der Waals surface area contributed by atoms with Crippen molar-refractivity contribution < 1.29 is 14.3 Å². The van der Waals surface area contributed by atoms with Crippen LogP contribution in [0, 0.1) is 0 Å². The molecule has 3 aromatic rings. The van der Waals surface area contributed by atoms with E-state index in [1.807, 2.05) is 36.4 Å². The Hall–Kier alpha value is -3.33. The van der Waals surface area contributed by atoms with Gasteiger partial charge in [0.25, 0.3) is 0 Å². The van der Waals surface area contributed by atoms with E-state index in [1.165, 1.54) is 11.5 Å². The van der Waals surface area contributed by atoms with Gasteiger partial charge in [0.15, 0.2) is 17.3 Å². The van der Waals surface area contributed by atoms with Crippen molar-refractivity contribution in [1.82, 2.24) is 14.3 Å². The lowest BCUT2D eigenvalue weighted by molar-refractivity contribution is 0.174. The number of nitrogens with one attached hydrogen (secondary N) is 1. The van der Waals surface area contributed by atoms with Crippen LogP contribution >= 0.6 is 11.5 Å². The number of piperazine rings is 1. The minimum absolute atomic E-state index is 0.120. The number of nitrogens with zero attached hydrogens (tertiary/aromatic N) is 4. The van der Waals surface area contributed by atoms with Crippen LogP contribution in [0.15, 0.2) is 48.5 Å². The minimum atomic E-state index is -0.120. The summed E-state index contributed by atoms with van der Waals surface area (Å²) in [5.74, 6) is 2.09. The van der Waals surface area contributed by atoms with Crippen molar-refractivity contribution in [3.05, 3.63) is 48.5 Å². The summed E-state index contributed by atoms with van der Waals surface area (Å²) in [4.78, 5) is 21.2. The van der Waals surface area contributed by atoms with Crippen LogP contribution in [0.2, 0.25) is 0 Å². The first-order valence-corrected chi connectivity index (χ1v) is 10.1. The van der Waals surface area contributed by atoms with E-state index in [0.717, 1.165) is 29.6 Å². The Morgan fingerprint density at radius 3 is 2.62 bits per heavy atom. The van der Waals surface area contributed by atoms with Gasteiger partial charge in [-0.25, -0.2) is 4.79 Å². The highest BCUT2D eigenvalue weighted by atomic mass is 32.1. The van der Waals surface area contributed by atoms with E-state index in [0.29, 0.717) is 30.3 Å². The number of benzene rings is 2. The molecule has 0 radical (unpaired) electrons. The summed E-state index contributed by atoms with van der Waals surface area (Å²) >= 11 is 1.39. The summed E-state index contributed by atoms with van der Waals surface area (Å²) in [5, 5.41) is 3.82. The number of hydrogen-bond acceptors (Lipinski definition) is 7. The van der Waals surface area contributed by atoms with Crippen LogP contribution in [0.4, 0.5) is 15.6 Å². The van der Waals surface area contributed by atoms with E-state index in [4.69, 9.17) is 9.47 Å². The first-order chi connectivity index (χ1) is 14.3. The lowest BCUT2D eigenvalue weighted by atomic mass is 10.2. The zero-order valence-corrected chi connectivity index (χ0v) is 16.4. The van der Waals surface area contributed by atoms with E-state index in [9.17, 15) is 4.79 Å². The number of ether oxygens (including phenoxy) is 2. The molecule has 1 fully saturated rings. The Bertz CT molecular complexity index is 1020. The molecule has 0 saturated carbocycles. The average molecular weight is 409 g/mol. The van der Waals surface area contributed by atoms with Gasteiger partial charge < -0.3 is 24.6 Å². The molecule has 5 rings (SSSR count). The first-order valence-electron chi connectivity index (χ1n) is 9.36. The highest BCUT2D eigenvalue weighted by Gasteiger charge is 2.24. The molecule has 2 aliphatic rings. The monoisotopic (exact) mass is 409 g/mol. The normalized spacial score (nSPS) is 15.4. The molecule has 0 bridgehead atoms. The first kappa shape index (κ1) is 17.7. The number of carbonyl (C=O) groups is 1. The lowest BCUT2D eigenvalue weighted by Gasteiger charge is -2.34. The second-order valence-corrected chi connectivity index (χ2v) is 7.47. The molecule has 3 heterocycles. The van der Waals surface area contributed by atoms with Gasteiger partial charge in [-0.1, -0.05) is 30.3 Å². The maximum Gasteiger partial charge on any atom is 0.321 e. The Kier molecular flexibility index (Phi) is 4.65. The molecule has 9 heteroatoms. The molecule has 1 saturated heterocycles. The van der Waals surface area contributed by atoms with Gasteiger partial charge in [0, 0.05) is 55.0 Å². The molecule has 1 N–H and O–H groups in total. The Labute approximate surface area is 171 Å².